The molecule has 3 aromatic rings. The van der Waals surface area contributed by atoms with Crippen LogP contribution in [0.5, 0.6) is 0 Å². The molecule has 1 saturated heterocycles. The van der Waals surface area contributed by atoms with Crippen LogP contribution in [-0.4, -0.2) is 31.1 Å². The maximum atomic E-state index is 13.1. The molecule has 0 spiro atoms. The number of Topliss-reactive ketones (excluding diaryl/α,β-unsaturated/α-hetero) is 1. The SMILES string of the molecule is O=C(CCc1cc(C(F)(F)F)ccc1Cl)[C@@H]1CCCN1S(=O)(=O)c1cc2ccccc2o1. The van der Waals surface area contributed by atoms with Crippen molar-refractivity contribution in [3.8, 4) is 0 Å². The van der Waals surface area contributed by atoms with Crippen LogP contribution in [0.3, 0.4) is 0 Å². The Morgan fingerprint density at radius 2 is 1.91 bits per heavy atom. The van der Waals surface area contributed by atoms with Gasteiger partial charge in [0.15, 0.2) is 5.78 Å². The smallest absolute Gasteiger partial charge is 0.416 e. The number of rotatable bonds is 6. The van der Waals surface area contributed by atoms with Crippen molar-refractivity contribution in [2.75, 3.05) is 6.54 Å². The van der Waals surface area contributed by atoms with Crippen LogP contribution in [0.1, 0.15) is 30.4 Å². The third-order valence-electron chi connectivity index (χ3n) is 5.56. The van der Waals surface area contributed by atoms with Gasteiger partial charge in [0.2, 0.25) is 5.09 Å². The molecule has 5 nitrogen and oxygen atoms in total. The molecule has 0 radical (unpaired) electrons. The zero-order valence-corrected chi connectivity index (χ0v) is 18.3. The molecule has 0 amide bonds. The summed E-state index contributed by atoms with van der Waals surface area (Å²) in [6.45, 7) is 0.167. The molecule has 0 N–H and O–H groups in total. The van der Waals surface area contributed by atoms with Gasteiger partial charge in [0.1, 0.15) is 5.58 Å². The Kier molecular flexibility index (Phi) is 6.08. The number of aryl methyl sites for hydroxylation is 1. The summed E-state index contributed by atoms with van der Waals surface area (Å²) in [6, 6.07) is 10.4. The van der Waals surface area contributed by atoms with Gasteiger partial charge < -0.3 is 4.42 Å². The highest BCUT2D eigenvalue weighted by Gasteiger charge is 2.40. The van der Waals surface area contributed by atoms with Crippen molar-refractivity contribution in [2.45, 2.75) is 43.0 Å². The summed E-state index contributed by atoms with van der Waals surface area (Å²) in [6.07, 6.45) is -3.82. The summed E-state index contributed by atoms with van der Waals surface area (Å²) in [5.41, 5.74) is -0.230. The van der Waals surface area contributed by atoms with Gasteiger partial charge in [-0.25, -0.2) is 8.42 Å². The molecule has 1 aliphatic rings. The highest BCUT2D eigenvalue weighted by Crippen LogP contribution is 2.33. The Morgan fingerprint density at radius 1 is 1.16 bits per heavy atom. The number of para-hydroxylation sites is 1. The number of hydrogen-bond acceptors (Lipinski definition) is 4. The van der Waals surface area contributed by atoms with Crippen LogP contribution in [0.25, 0.3) is 11.0 Å². The third-order valence-corrected chi connectivity index (χ3v) is 7.69. The topological polar surface area (TPSA) is 67.6 Å². The number of sulfonamides is 1. The van der Waals surface area contributed by atoms with Crippen molar-refractivity contribution in [1.82, 2.24) is 4.31 Å². The number of ketones is 1. The van der Waals surface area contributed by atoms with Gasteiger partial charge in [-0.1, -0.05) is 29.8 Å². The van der Waals surface area contributed by atoms with Gasteiger partial charge in [0.05, 0.1) is 11.6 Å². The molecule has 1 fully saturated rings. The van der Waals surface area contributed by atoms with Crippen molar-refractivity contribution >= 4 is 38.4 Å². The standard InChI is InChI=1S/C22H19ClF3NO4S/c23-17-9-8-16(22(24,25)26)12-14(17)7-10-19(28)18-5-3-11-27(18)32(29,30)21-13-15-4-1-2-6-20(15)31-21/h1-2,4,6,8-9,12-13,18H,3,5,7,10-11H2/t18-/m0/s1. The molecule has 0 aliphatic carbocycles. The van der Waals surface area contributed by atoms with Crippen LogP contribution in [0.15, 0.2) is 58.0 Å². The van der Waals surface area contributed by atoms with Gasteiger partial charge in [0.25, 0.3) is 10.0 Å². The zero-order valence-electron chi connectivity index (χ0n) is 16.7. The molecule has 1 aliphatic heterocycles. The van der Waals surface area contributed by atoms with E-state index in [4.69, 9.17) is 16.0 Å². The number of carbonyl (C=O) groups is 1. The highest BCUT2D eigenvalue weighted by molar-refractivity contribution is 7.89. The first kappa shape index (κ1) is 22.8. The van der Waals surface area contributed by atoms with Crippen LogP contribution in [0, 0.1) is 0 Å². The number of benzene rings is 2. The molecule has 2 aromatic carbocycles. The number of alkyl halides is 3. The molecule has 1 atom stereocenters. The van der Waals surface area contributed by atoms with Crippen LogP contribution in [0.4, 0.5) is 13.2 Å². The molecule has 0 unspecified atom stereocenters. The Balaban J connectivity index is 1.52. The first-order valence-electron chi connectivity index (χ1n) is 9.96. The second-order valence-corrected chi connectivity index (χ2v) is 9.88. The fourth-order valence-corrected chi connectivity index (χ4v) is 5.76. The summed E-state index contributed by atoms with van der Waals surface area (Å²) >= 11 is 6.01. The van der Waals surface area contributed by atoms with Crippen molar-refractivity contribution in [1.29, 1.82) is 0 Å². The van der Waals surface area contributed by atoms with E-state index in [9.17, 15) is 26.4 Å². The first-order valence-corrected chi connectivity index (χ1v) is 11.8. The normalized spacial score (nSPS) is 17.8. The number of nitrogens with zero attached hydrogens (tertiary/aromatic N) is 1. The van der Waals surface area contributed by atoms with Crippen molar-refractivity contribution in [3.05, 3.63) is 64.7 Å². The molecule has 1 aromatic heterocycles. The van der Waals surface area contributed by atoms with E-state index in [1.807, 2.05) is 0 Å². The third kappa shape index (κ3) is 4.42. The van der Waals surface area contributed by atoms with Gasteiger partial charge in [-0.3, -0.25) is 4.79 Å². The maximum Gasteiger partial charge on any atom is 0.416 e. The van der Waals surface area contributed by atoms with Gasteiger partial charge in [-0.2, -0.15) is 17.5 Å². The number of halogens is 4. The Hall–Kier alpha value is -2.36. The molecule has 32 heavy (non-hydrogen) atoms. The van der Waals surface area contributed by atoms with E-state index in [1.54, 1.807) is 24.3 Å². The van der Waals surface area contributed by atoms with E-state index in [0.717, 1.165) is 22.5 Å². The summed E-state index contributed by atoms with van der Waals surface area (Å²) < 4.78 is 71.8. The van der Waals surface area contributed by atoms with Crippen LogP contribution < -0.4 is 0 Å². The van der Waals surface area contributed by atoms with Crippen molar-refractivity contribution in [3.63, 3.8) is 0 Å². The first-order chi connectivity index (χ1) is 15.1. The Morgan fingerprint density at radius 3 is 2.62 bits per heavy atom. The van der Waals surface area contributed by atoms with E-state index in [-0.39, 0.29) is 40.8 Å². The molecular weight excluding hydrogens is 467 g/mol. The van der Waals surface area contributed by atoms with Crippen molar-refractivity contribution in [2.24, 2.45) is 0 Å². The summed E-state index contributed by atoms with van der Waals surface area (Å²) in [7, 11) is -4.04. The fourth-order valence-electron chi connectivity index (χ4n) is 3.92. The second-order valence-electron chi connectivity index (χ2n) is 7.65. The number of furan rings is 1. The van der Waals surface area contributed by atoms with E-state index in [2.05, 4.69) is 0 Å². The molecule has 0 saturated carbocycles. The average molecular weight is 486 g/mol. The van der Waals surface area contributed by atoms with Gasteiger partial charge in [-0.05, 0) is 49.1 Å². The molecule has 0 bridgehead atoms. The minimum absolute atomic E-state index is 0.0173. The van der Waals surface area contributed by atoms with E-state index in [0.29, 0.717) is 23.8 Å². The molecule has 10 heteroatoms. The lowest BCUT2D eigenvalue weighted by Gasteiger charge is -2.22. The summed E-state index contributed by atoms with van der Waals surface area (Å²) in [4.78, 5) is 12.9. The minimum Gasteiger partial charge on any atom is -0.443 e. The molecular formula is C22H19ClF3NO4S. The van der Waals surface area contributed by atoms with Crippen LogP contribution >= 0.6 is 11.6 Å². The van der Waals surface area contributed by atoms with Crippen molar-refractivity contribution < 1.29 is 30.8 Å². The maximum absolute atomic E-state index is 13.1. The Bertz CT molecular complexity index is 1240. The molecule has 170 valence electrons. The predicted molar refractivity (Wildman–Crippen MR) is 113 cm³/mol. The fraction of sp³-hybridized carbons (Fsp3) is 0.318. The lowest BCUT2D eigenvalue weighted by atomic mass is 10.0. The Labute approximate surface area is 187 Å². The highest BCUT2D eigenvalue weighted by atomic mass is 35.5. The van der Waals surface area contributed by atoms with E-state index >= 15 is 0 Å². The van der Waals surface area contributed by atoms with E-state index < -0.39 is 27.8 Å². The molecule has 2 heterocycles. The average Bonchev–Trinajstić information content (AvgIpc) is 3.40. The summed E-state index contributed by atoms with van der Waals surface area (Å²) in [5.74, 6) is -0.365. The van der Waals surface area contributed by atoms with Crippen LogP contribution in [0.2, 0.25) is 5.02 Å². The van der Waals surface area contributed by atoms with Crippen LogP contribution in [-0.2, 0) is 27.4 Å². The largest absolute Gasteiger partial charge is 0.443 e. The lowest BCUT2D eigenvalue weighted by Crippen LogP contribution is -2.40. The quantitative estimate of drug-likeness (QED) is 0.465. The monoisotopic (exact) mass is 485 g/mol. The summed E-state index contributed by atoms with van der Waals surface area (Å²) in [5, 5.41) is 0.524. The van der Waals surface area contributed by atoms with Gasteiger partial charge >= 0.3 is 6.18 Å². The zero-order chi connectivity index (χ0) is 23.1. The van der Waals surface area contributed by atoms with Gasteiger partial charge in [-0.15, -0.1) is 0 Å². The predicted octanol–water partition coefficient (Wildman–Crippen LogP) is 5.46. The molecule has 4 rings (SSSR count). The second kappa shape index (κ2) is 8.53. The lowest BCUT2D eigenvalue weighted by molar-refractivity contribution is -0.137. The minimum atomic E-state index is -4.52. The van der Waals surface area contributed by atoms with E-state index in [1.165, 1.54) is 6.07 Å². The number of hydrogen-bond donors (Lipinski definition) is 0. The number of carbonyl (C=O) groups excluding carboxylic acids is 1. The number of fused-ring (bicyclic) bond motifs is 1. The van der Waals surface area contributed by atoms with Gasteiger partial charge in [0, 0.05) is 29.4 Å².